The number of hydrogen-bond acceptors (Lipinski definition) is 13. The third-order valence-corrected chi connectivity index (χ3v) is 8.97. The molecule has 13 nitrogen and oxygen atoms in total. The molecule has 0 radical (unpaired) electrons. The number of anilines is 1. The summed E-state index contributed by atoms with van der Waals surface area (Å²) >= 11 is 3.92. The quantitative estimate of drug-likeness (QED) is 0.102. The number of carbonyl (C=O) groups is 4. The lowest BCUT2D eigenvalue weighted by Gasteiger charge is -2.50. The van der Waals surface area contributed by atoms with Crippen molar-refractivity contribution in [3.63, 3.8) is 0 Å². The average Bonchev–Trinajstić information content (AvgIpc) is 3.59. The number of nitrogen functional groups attached to an aromatic ring is 1. The summed E-state index contributed by atoms with van der Waals surface area (Å²) in [6, 6.07) is 4.78. The summed E-state index contributed by atoms with van der Waals surface area (Å²) in [5.74, 6) is -3.25. The van der Waals surface area contributed by atoms with E-state index in [0.29, 0.717) is 11.3 Å². The number of thioether (sulfide) groups is 1. The molecular weight excluding hydrogens is 581 g/mol. The van der Waals surface area contributed by atoms with Gasteiger partial charge in [0.25, 0.3) is 16.6 Å². The fourth-order valence-electron chi connectivity index (χ4n) is 4.28. The van der Waals surface area contributed by atoms with Gasteiger partial charge in [0.05, 0.1) is 23.7 Å². The Balaban J connectivity index is 1.34. The van der Waals surface area contributed by atoms with Gasteiger partial charge in [0.1, 0.15) is 17.1 Å². The summed E-state index contributed by atoms with van der Waals surface area (Å²) in [5.41, 5.74) is 5.80. The number of aromatic nitrogens is 2. The van der Waals surface area contributed by atoms with Crippen molar-refractivity contribution >= 4 is 79.2 Å². The summed E-state index contributed by atoms with van der Waals surface area (Å²) in [6.45, 7) is 1.50. The van der Waals surface area contributed by atoms with Crippen LogP contribution in [0.3, 0.4) is 0 Å². The second kappa shape index (κ2) is 11.6. The lowest BCUT2D eigenvalue weighted by molar-refractivity contribution is -0.661. The van der Waals surface area contributed by atoms with Crippen molar-refractivity contribution in [2.45, 2.75) is 24.9 Å². The number of carboxylic acids is 1. The highest BCUT2D eigenvalue weighted by molar-refractivity contribution is 8.00. The molecule has 0 spiro atoms. The Morgan fingerprint density at radius 2 is 2.15 bits per heavy atom. The van der Waals surface area contributed by atoms with E-state index in [1.54, 1.807) is 6.92 Å². The number of fused-ring (bicyclic) bond motifs is 2. The molecule has 208 valence electrons. The van der Waals surface area contributed by atoms with E-state index in [2.05, 4.69) is 15.5 Å². The Labute approximate surface area is 239 Å². The first-order valence-corrected chi connectivity index (χ1v) is 14.7. The first-order chi connectivity index (χ1) is 19.3. The van der Waals surface area contributed by atoms with Gasteiger partial charge >= 0.3 is 5.97 Å². The molecule has 1 saturated heterocycles. The normalized spacial score (nSPS) is 18.8. The molecule has 3 aromatic heterocycles. The number of thiophene rings is 1. The minimum absolute atomic E-state index is 0.0844. The predicted octanol–water partition coefficient (Wildman–Crippen LogP) is -0.385. The average molecular weight is 603 g/mol. The number of aliphatic carboxylic acids is 1. The van der Waals surface area contributed by atoms with Crippen molar-refractivity contribution in [2.24, 2.45) is 5.16 Å². The van der Waals surface area contributed by atoms with Crippen molar-refractivity contribution in [2.75, 3.05) is 24.7 Å². The van der Waals surface area contributed by atoms with Gasteiger partial charge < -0.3 is 30.5 Å². The molecule has 16 heteroatoms. The van der Waals surface area contributed by atoms with Gasteiger partial charge in [-0.1, -0.05) is 16.5 Å². The van der Waals surface area contributed by atoms with Crippen LogP contribution in [0.25, 0.3) is 10.2 Å². The zero-order valence-electron chi connectivity index (χ0n) is 20.9. The smallest absolute Gasteiger partial charge is 0.347 e. The number of thiazole rings is 1. The molecule has 0 aliphatic carbocycles. The molecule has 2 aliphatic heterocycles. The van der Waals surface area contributed by atoms with Crippen LogP contribution in [-0.2, 0) is 35.3 Å². The predicted molar refractivity (Wildman–Crippen MR) is 145 cm³/mol. The van der Waals surface area contributed by atoms with E-state index in [9.17, 15) is 24.3 Å². The lowest BCUT2D eigenvalue weighted by atomic mass is 10.0. The Morgan fingerprint density at radius 3 is 2.88 bits per heavy atom. The first-order valence-electron chi connectivity index (χ1n) is 11.9. The molecule has 1 unspecified atom stereocenters. The van der Waals surface area contributed by atoms with Crippen molar-refractivity contribution < 1.29 is 38.4 Å². The van der Waals surface area contributed by atoms with E-state index in [1.807, 2.05) is 34.3 Å². The van der Waals surface area contributed by atoms with Crippen molar-refractivity contribution in [1.82, 2.24) is 15.2 Å². The van der Waals surface area contributed by atoms with E-state index in [4.69, 9.17) is 15.3 Å². The first kappa shape index (κ1) is 27.5. The number of ether oxygens (including phenoxy) is 1. The molecule has 40 heavy (non-hydrogen) atoms. The van der Waals surface area contributed by atoms with Crippen LogP contribution >= 0.6 is 34.4 Å². The highest BCUT2D eigenvalue weighted by Gasteiger charge is 2.53. The summed E-state index contributed by atoms with van der Waals surface area (Å²) in [6.07, 6.45) is 1.85. The van der Waals surface area contributed by atoms with Gasteiger partial charge in [0.15, 0.2) is 23.6 Å². The third-order valence-electron chi connectivity index (χ3n) is 5.99. The Morgan fingerprint density at radius 1 is 1.32 bits per heavy atom. The minimum atomic E-state index is -1.47. The SMILES string of the molecule is CCOC(=O)CO/N=C(/C(=O)NC1C(=O)N2C(C(=O)[O-])=C(C[n+]3cccc4ccsc43)CS[C@H]12)c1csc(N)n1. The third kappa shape index (κ3) is 5.37. The van der Waals surface area contributed by atoms with E-state index in [0.717, 1.165) is 26.5 Å². The number of esters is 1. The molecule has 5 heterocycles. The molecule has 0 saturated carbocycles. The highest BCUT2D eigenvalue weighted by atomic mass is 32.2. The molecule has 0 bridgehead atoms. The van der Waals surface area contributed by atoms with E-state index in [-0.39, 0.29) is 35.4 Å². The van der Waals surface area contributed by atoms with Gasteiger partial charge in [-0.2, -0.15) is 4.57 Å². The monoisotopic (exact) mass is 602 g/mol. The van der Waals surface area contributed by atoms with Gasteiger partial charge in [0.2, 0.25) is 6.61 Å². The number of β-lactam (4-membered cyclic amide) rings is 1. The van der Waals surface area contributed by atoms with Gasteiger partial charge in [-0.15, -0.1) is 23.1 Å². The van der Waals surface area contributed by atoms with E-state index < -0.39 is 41.8 Å². The Hall–Kier alpha value is -4.02. The number of pyridine rings is 1. The number of carbonyl (C=O) groups excluding carboxylic acids is 4. The molecule has 5 rings (SSSR count). The molecule has 2 aliphatic rings. The number of hydrogen-bond donors (Lipinski definition) is 2. The molecule has 1 fully saturated rings. The maximum absolute atomic E-state index is 13.2. The number of nitrogens with one attached hydrogen (secondary N) is 1. The van der Waals surface area contributed by atoms with E-state index >= 15 is 0 Å². The fourth-order valence-corrected chi connectivity index (χ4v) is 7.04. The lowest BCUT2D eigenvalue weighted by Crippen LogP contribution is -2.71. The number of nitrogens with zero attached hydrogens (tertiary/aromatic N) is 4. The fraction of sp³-hybridized carbons (Fsp3) is 0.292. The van der Waals surface area contributed by atoms with Crippen LogP contribution in [0, 0.1) is 0 Å². The number of rotatable bonds is 10. The minimum Gasteiger partial charge on any atom is -0.543 e. The number of amides is 2. The van der Waals surface area contributed by atoms with Crippen LogP contribution in [0.4, 0.5) is 5.13 Å². The van der Waals surface area contributed by atoms with Crippen LogP contribution in [0.1, 0.15) is 12.6 Å². The maximum Gasteiger partial charge on any atom is 0.347 e. The molecule has 0 aromatic carbocycles. The second-order valence-electron chi connectivity index (χ2n) is 8.51. The Kier molecular flexibility index (Phi) is 7.99. The highest BCUT2D eigenvalue weighted by Crippen LogP contribution is 2.40. The summed E-state index contributed by atoms with van der Waals surface area (Å²) in [4.78, 5) is 61.2. The maximum atomic E-state index is 13.2. The van der Waals surface area contributed by atoms with Crippen molar-refractivity contribution in [3.05, 3.63) is 52.1 Å². The molecule has 3 aromatic rings. The molecule has 2 atom stereocenters. The molecular formula is C24H22N6O7S3. The van der Waals surface area contributed by atoms with Crippen LogP contribution in [0.2, 0.25) is 0 Å². The van der Waals surface area contributed by atoms with Crippen molar-refractivity contribution in [3.8, 4) is 0 Å². The summed E-state index contributed by atoms with van der Waals surface area (Å²) in [5, 5.41) is 22.5. The van der Waals surface area contributed by atoms with Gasteiger partial charge in [-0.25, -0.2) is 9.78 Å². The summed E-state index contributed by atoms with van der Waals surface area (Å²) < 4.78 is 6.70. The topological polar surface area (TPSA) is 180 Å². The van der Waals surface area contributed by atoms with Gasteiger partial charge in [-0.05, 0) is 24.4 Å². The zero-order valence-corrected chi connectivity index (χ0v) is 23.3. The Bertz CT molecular complexity index is 1560. The van der Waals surface area contributed by atoms with E-state index in [1.165, 1.54) is 28.5 Å². The molecule has 3 N–H and O–H groups in total. The van der Waals surface area contributed by atoms with Gasteiger partial charge in [-0.3, -0.25) is 14.5 Å². The standard InChI is InChI=1S/C24H22N6O7S3/c1-2-36-15(31)9-37-28-16(14-11-40-24(25)26-14)19(32)27-17-20(33)30-18(23(34)35)13(10-39-22(17)30)8-29-6-3-4-12-5-7-38-21(12)29/h3-7,11,17,22H,2,8-10H2,1H3,(H3-,25,26,27,32,34,35)/b28-16+/t17?,22-/m1/s1. The van der Waals surface area contributed by atoms with Crippen LogP contribution in [-0.4, -0.2) is 69.7 Å². The number of carboxylic acid groups (broad SMARTS) is 1. The molecule has 2 amide bonds. The van der Waals surface area contributed by atoms with Crippen molar-refractivity contribution in [1.29, 1.82) is 0 Å². The second-order valence-corrected chi connectivity index (χ2v) is 11.4. The van der Waals surface area contributed by atoms with Crippen LogP contribution < -0.4 is 20.7 Å². The van der Waals surface area contributed by atoms with Crippen LogP contribution in [0.15, 0.2) is 51.6 Å². The summed E-state index contributed by atoms with van der Waals surface area (Å²) in [7, 11) is 0. The number of oxime groups is 1. The van der Waals surface area contributed by atoms with Gasteiger partial charge in [0, 0.05) is 22.8 Å². The number of nitrogens with two attached hydrogens (primary N) is 1. The van der Waals surface area contributed by atoms with Crippen LogP contribution in [0.5, 0.6) is 0 Å². The largest absolute Gasteiger partial charge is 0.543 e. The zero-order chi connectivity index (χ0) is 28.4.